The Kier molecular flexibility index (Phi) is 8.97. The lowest BCUT2D eigenvalue weighted by atomic mass is 10.1. The molecule has 0 aliphatic carbocycles. The summed E-state index contributed by atoms with van der Waals surface area (Å²) in [5.74, 6) is -1.57. The van der Waals surface area contributed by atoms with Gasteiger partial charge in [0.15, 0.2) is 11.5 Å². The summed E-state index contributed by atoms with van der Waals surface area (Å²) in [6.45, 7) is 2.56. The Balaban J connectivity index is 1.20. The maximum Gasteiger partial charge on any atom is 0.435 e. The number of nitrogens with one attached hydrogen (secondary N) is 3. The number of rotatable bonds is 7. The van der Waals surface area contributed by atoms with Crippen molar-refractivity contribution in [3.63, 3.8) is 0 Å². The number of carbonyl (C=O) groups is 2. The Morgan fingerprint density at radius 1 is 1.13 bits per heavy atom. The summed E-state index contributed by atoms with van der Waals surface area (Å²) in [5.41, 5.74) is 2.59. The van der Waals surface area contributed by atoms with Gasteiger partial charge in [-0.2, -0.15) is 31.4 Å². The van der Waals surface area contributed by atoms with Crippen molar-refractivity contribution in [2.24, 2.45) is 10.7 Å². The van der Waals surface area contributed by atoms with Gasteiger partial charge in [-0.05, 0) is 17.7 Å². The van der Waals surface area contributed by atoms with Crippen molar-refractivity contribution in [2.75, 3.05) is 39.3 Å². The number of aromatic amines is 2. The lowest BCUT2D eigenvalue weighted by Gasteiger charge is -2.35. The zero-order valence-electron chi connectivity index (χ0n) is 23.2. The number of benzene rings is 1. The summed E-state index contributed by atoms with van der Waals surface area (Å²) in [4.78, 5) is 39.9. The highest BCUT2D eigenvalue weighted by molar-refractivity contribution is 6.33. The minimum Gasteiger partial charge on any atom is -0.463 e. The van der Waals surface area contributed by atoms with E-state index in [1.807, 2.05) is 4.90 Å². The maximum atomic E-state index is 13.4. The quantitative estimate of drug-likeness (QED) is 0.284. The lowest BCUT2D eigenvalue weighted by Crippen LogP contribution is -2.50. The van der Waals surface area contributed by atoms with E-state index in [9.17, 15) is 35.9 Å². The van der Waals surface area contributed by atoms with Crippen molar-refractivity contribution in [3.8, 4) is 11.3 Å². The number of amides is 2. The van der Waals surface area contributed by atoms with Gasteiger partial charge in [-0.15, -0.1) is 0 Å². The van der Waals surface area contributed by atoms with E-state index in [0.29, 0.717) is 50.9 Å². The van der Waals surface area contributed by atoms with E-state index in [1.165, 1.54) is 12.1 Å². The van der Waals surface area contributed by atoms with Crippen LogP contribution in [0.3, 0.4) is 0 Å². The van der Waals surface area contributed by atoms with Crippen molar-refractivity contribution < 1.29 is 40.7 Å². The summed E-state index contributed by atoms with van der Waals surface area (Å²) < 4.78 is 84.8. The molecule has 0 spiro atoms. The molecule has 0 bridgehead atoms. The van der Waals surface area contributed by atoms with Gasteiger partial charge < -0.3 is 30.6 Å². The van der Waals surface area contributed by atoms with Crippen LogP contribution in [0.25, 0.3) is 11.3 Å². The first-order valence-corrected chi connectivity index (χ1v) is 13.9. The normalized spacial score (nSPS) is 17.3. The second kappa shape index (κ2) is 12.6. The zero-order chi connectivity index (χ0) is 32.5. The predicted octanol–water partition coefficient (Wildman–Crippen LogP) is 2.98. The highest BCUT2D eigenvalue weighted by Gasteiger charge is 2.41. The number of amidine groups is 1. The first kappa shape index (κ1) is 32.1. The van der Waals surface area contributed by atoms with Crippen LogP contribution >= 0.6 is 11.6 Å². The number of imidazole rings is 1. The van der Waals surface area contributed by atoms with Gasteiger partial charge in [0.2, 0.25) is 0 Å². The molecular formula is C26H26ClF6N9O3. The van der Waals surface area contributed by atoms with E-state index in [1.54, 1.807) is 16.1 Å². The molecule has 2 aliphatic heterocycles. The van der Waals surface area contributed by atoms with Crippen molar-refractivity contribution in [2.45, 2.75) is 31.4 Å². The Bertz CT molecular complexity index is 1600. The van der Waals surface area contributed by atoms with Crippen LogP contribution in [0, 0.1) is 0 Å². The van der Waals surface area contributed by atoms with E-state index < -0.39 is 53.2 Å². The van der Waals surface area contributed by atoms with Crippen LogP contribution in [0.2, 0.25) is 5.02 Å². The van der Waals surface area contributed by atoms with Gasteiger partial charge >= 0.3 is 12.4 Å². The van der Waals surface area contributed by atoms with Gasteiger partial charge in [0.1, 0.15) is 12.6 Å². The number of aromatic nitrogens is 4. The standard InChI is InChI=1S/C26H26ClF6N9O3/c27-16-7-13(1-2-15(16)23(44)41-3-5-42(6-4-41)24-37-14(9-34)12-45-24)10-36-22(43)21-35-11-18(38-21)19-17(8-25(28,29)30)39-40-20(19)26(31,32)33/h1-2,7,11,14H,3-6,8-10,12,34H2,(H,35,38)(H,36,43)(H,39,40)/t14-/m1/s1. The van der Waals surface area contributed by atoms with E-state index in [2.05, 4.69) is 25.4 Å². The SMILES string of the molecule is NC[C@@H]1COC(N2CCN(C(=O)c3ccc(CNC(=O)c4ncc(-c5c(C(F)(F)F)n[nH]c5CC(F)(F)F)[nH]4)cc3Cl)CC2)=N1. The number of ether oxygens (including phenoxy) is 1. The number of hydrogen-bond acceptors (Lipinski definition) is 8. The number of piperazine rings is 1. The van der Waals surface area contributed by atoms with E-state index >= 15 is 0 Å². The van der Waals surface area contributed by atoms with Crippen LogP contribution in [0.15, 0.2) is 29.4 Å². The minimum atomic E-state index is -5.07. The van der Waals surface area contributed by atoms with Gasteiger partial charge in [-0.3, -0.25) is 14.7 Å². The molecule has 1 saturated heterocycles. The molecule has 12 nitrogen and oxygen atoms in total. The van der Waals surface area contributed by atoms with Crippen molar-refractivity contribution in [1.82, 2.24) is 35.3 Å². The summed E-state index contributed by atoms with van der Waals surface area (Å²) in [7, 11) is 0. The van der Waals surface area contributed by atoms with Gasteiger partial charge in [0.05, 0.1) is 40.2 Å². The number of alkyl halides is 6. The highest BCUT2D eigenvalue weighted by Crippen LogP contribution is 2.38. The van der Waals surface area contributed by atoms with Crippen LogP contribution in [0.1, 0.15) is 37.9 Å². The smallest absolute Gasteiger partial charge is 0.435 e. The third kappa shape index (κ3) is 7.33. The minimum absolute atomic E-state index is 0.0771. The molecule has 2 aromatic heterocycles. The second-order valence-electron chi connectivity index (χ2n) is 10.2. The summed E-state index contributed by atoms with van der Waals surface area (Å²) in [6.07, 6.45) is -10.8. The molecule has 1 fully saturated rings. The molecule has 2 amide bonds. The third-order valence-corrected chi connectivity index (χ3v) is 7.38. The number of halogens is 7. The molecule has 0 saturated carbocycles. The van der Waals surface area contributed by atoms with Crippen molar-refractivity contribution >= 4 is 29.4 Å². The third-order valence-electron chi connectivity index (χ3n) is 7.07. The molecule has 1 atom stereocenters. The molecule has 19 heteroatoms. The van der Waals surface area contributed by atoms with Crippen LogP contribution in [0.5, 0.6) is 0 Å². The molecule has 5 rings (SSSR count). The van der Waals surface area contributed by atoms with Gasteiger partial charge in [-0.25, -0.2) is 9.98 Å². The fourth-order valence-corrected chi connectivity index (χ4v) is 5.12. The average molecular weight is 662 g/mol. The number of nitrogens with two attached hydrogens (primary N) is 1. The molecule has 5 N–H and O–H groups in total. The van der Waals surface area contributed by atoms with E-state index in [-0.39, 0.29) is 29.1 Å². The monoisotopic (exact) mass is 661 g/mol. The van der Waals surface area contributed by atoms with Gasteiger partial charge in [0, 0.05) is 39.3 Å². The van der Waals surface area contributed by atoms with Crippen LogP contribution in [0.4, 0.5) is 26.3 Å². The maximum absolute atomic E-state index is 13.4. The highest BCUT2D eigenvalue weighted by atomic mass is 35.5. The summed E-state index contributed by atoms with van der Waals surface area (Å²) in [6, 6.07) is 5.01. The molecule has 242 valence electrons. The molecule has 45 heavy (non-hydrogen) atoms. The number of H-pyrrole nitrogens is 2. The van der Waals surface area contributed by atoms with Gasteiger partial charge in [0.25, 0.3) is 17.8 Å². The van der Waals surface area contributed by atoms with Crippen LogP contribution < -0.4 is 11.1 Å². The molecule has 1 aromatic carbocycles. The molecule has 4 heterocycles. The average Bonchev–Trinajstić information content (AvgIpc) is 3.74. The number of carbonyl (C=O) groups excluding carboxylic acids is 2. The molecular weight excluding hydrogens is 636 g/mol. The Hall–Kier alpha value is -4.32. The zero-order valence-corrected chi connectivity index (χ0v) is 24.0. The fraction of sp³-hybridized carbons (Fsp3) is 0.423. The Morgan fingerprint density at radius 3 is 2.49 bits per heavy atom. The topological polar surface area (TPSA) is 158 Å². The van der Waals surface area contributed by atoms with E-state index in [4.69, 9.17) is 22.1 Å². The molecule has 0 unspecified atom stereocenters. The molecule has 0 radical (unpaired) electrons. The second-order valence-corrected chi connectivity index (χ2v) is 10.7. The van der Waals surface area contributed by atoms with Crippen LogP contribution in [-0.4, -0.2) is 99.3 Å². The van der Waals surface area contributed by atoms with Gasteiger partial charge in [-0.1, -0.05) is 17.7 Å². The number of aliphatic imine (C=N–C) groups is 1. The van der Waals surface area contributed by atoms with Crippen molar-refractivity contribution in [3.05, 3.63) is 57.8 Å². The number of hydrogen-bond donors (Lipinski definition) is 4. The van der Waals surface area contributed by atoms with Crippen molar-refractivity contribution in [1.29, 1.82) is 0 Å². The largest absolute Gasteiger partial charge is 0.463 e. The number of nitrogens with zero attached hydrogens (tertiary/aromatic N) is 5. The molecule has 2 aliphatic rings. The summed E-state index contributed by atoms with van der Waals surface area (Å²) in [5, 5.41) is 7.43. The Labute approximate surface area is 256 Å². The first-order chi connectivity index (χ1) is 21.2. The predicted molar refractivity (Wildman–Crippen MR) is 147 cm³/mol. The van der Waals surface area contributed by atoms with E-state index in [0.717, 1.165) is 6.20 Å². The first-order valence-electron chi connectivity index (χ1n) is 13.5. The fourth-order valence-electron chi connectivity index (χ4n) is 4.84. The van der Waals surface area contributed by atoms with Crippen LogP contribution in [-0.2, 0) is 23.9 Å². The molecule has 3 aromatic rings. The summed E-state index contributed by atoms with van der Waals surface area (Å²) >= 11 is 6.39. The Morgan fingerprint density at radius 2 is 1.87 bits per heavy atom. The lowest BCUT2D eigenvalue weighted by molar-refractivity contribution is -0.140.